The largest absolute Gasteiger partial charge is 0.491 e. The summed E-state index contributed by atoms with van der Waals surface area (Å²) in [6.45, 7) is 6.03. The SMILES string of the molecule is Cc1cc(OCC(=O)N[C@H]2CCc3cc(OC(C)C)ccc32)nc2c1c(C1CC1)nn2C. The Bertz CT molecular complexity index is 1180. The van der Waals surface area contributed by atoms with E-state index in [1.165, 1.54) is 18.4 Å². The van der Waals surface area contributed by atoms with Crippen LogP contribution < -0.4 is 14.8 Å². The summed E-state index contributed by atoms with van der Waals surface area (Å²) in [5, 5.41) is 8.90. The number of rotatable bonds is 7. The first-order valence-corrected chi connectivity index (χ1v) is 11.4. The molecule has 1 N–H and O–H groups in total. The van der Waals surface area contributed by atoms with Crippen molar-refractivity contribution in [3.63, 3.8) is 0 Å². The molecular weight excluding hydrogens is 404 g/mol. The minimum absolute atomic E-state index is 0.00421. The van der Waals surface area contributed by atoms with Gasteiger partial charge in [0.2, 0.25) is 5.88 Å². The van der Waals surface area contributed by atoms with Crippen molar-refractivity contribution in [2.45, 2.75) is 64.5 Å². The molecule has 3 aromatic rings. The Morgan fingerprint density at radius 3 is 2.81 bits per heavy atom. The fraction of sp³-hybridized carbons (Fsp3) is 0.480. The Morgan fingerprint density at radius 2 is 2.06 bits per heavy atom. The third kappa shape index (κ3) is 4.04. The van der Waals surface area contributed by atoms with Gasteiger partial charge in [-0.2, -0.15) is 10.1 Å². The van der Waals surface area contributed by atoms with E-state index >= 15 is 0 Å². The van der Waals surface area contributed by atoms with Gasteiger partial charge >= 0.3 is 0 Å². The van der Waals surface area contributed by atoms with Crippen LogP contribution in [-0.4, -0.2) is 33.4 Å². The highest BCUT2D eigenvalue weighted by Gasteiger charge is 2.30. The minimum Gasteiger partial charge on any atom is -0.491 e. The summed E-state index contributed by atoms with van der Waals surface area (Å²) >= 11 is 0. The summed E-state index contributed by atoms with van der Waals surface area (Å²) in [5.41, 5.74) is 5.43. The first-order valence-electron chi connectivity index (χ1n) is 11.4. The normalized spacial score (nSPS) is 17.6. The van der Waals surface area contributed by atoms with E-state index in [1.807, 2.05) is 37.7 Å². The molecule has 2 aliphatic carbocycles. The number of fused-ring (bicyclic) bond motifs is 2. The maximum atomic E-state index is 12.6. The van der Waals surface area contributed by atoms with Crippen LogP contribution in [0.2, 0.25) is 0 Å². The maximum Gasteiger partial charge on any atom is 0.258 e. The predicted molar refractivity (Wildman–Crippen MR) is 122 cm³/mol. The van der Waals surface area contributed by atoms with Gasteiger partial charge in [0.25, 0.3) is 5.91 Å². The summed E-state index contributed by atoms with van der Waals surface area (Å²) in [6, 6.07) is 8.04. The van der Waals surface area contributed by atoms with E-state index in [0.29, 0.717) is 11.8 Å². The van der Waals surface area contributed by atoms with Gasteiger partial charge in [0, 0.05) is 24.4 Å². The Balaban J connectivity index is 1.23. The molecule has 0 aliphatic heterocycles. The van der Waals surface area contributed by atoms with Crippen LogP contribution in [0.15, 0.2) is 24.3 Å². The Hall–Kier alpha value is -3.09. The van der Waals surface area contributed by atoms with E-state index in [-0.39, 0.29) is 24.7 Å². The second-order valence-electron chi connectivity index (χ2n) is 9.23. The lowest BCUT2D eigenvalue weighted by atomic mass is 10.1. The minimum atomic E-state index is -0.145. The highest BCUT2D eigenvalue weighted by Crippen LogP contribution is 2.43. The molecule has 5 rings (SSSR count). The van der Waals surface area contributed by atoms with Gasteiger partial charge in [0.1, 0.15) is 5.75 Å². The van der Waals surface area contributed by atoms with Gasteiger partial charge in [-0.1, -0.05) is 6.07 Å². The lowest BCUT2D eigenvalue weighted by Gasteiger charge is -2.16. The fourth-order valence-electron chi connectivity index (χ4n) is 4.62. The summed E-state index contributed by atoms with van der Waals surface area (Å²) in [4.78, 5) is 17.2. The molecule has 7 heteroatoms. The van der Waals surface area contributed by atoms with Crippen molar-refractivity contribution in [1.82, 2.24) is 20.1 Å². The Morgan fingerprint density at radius 1 is 1.25 bits per heavy atom. The second-order valence-corrected chi connectivity index (χ2v) is 9.23. The fourth-order valence-corrected chi connectivity index (χ4v) is 4.62. The quantitative estimate of drug-likeness (QED) is 0.605. The highest BCUT2D eigenvalue weighted by molar-refractivity contribution is 5.84. The molecule has 7 nitrogen and oxygen atoms in total. The molecule has 1 aromatic carbocycles. The van der Waals surface area contributed by atoms with Crippen molar-refractivity contribution in [3.05, 3.63) is 46.6 Å². The zero-order valence-corrected chi connectivity index (χ0v) is 19.1. The van der Waals surface area contributed by atoms with Gasteiger partial charge in [-0.15, -0.1) is 0 Å². The van der Waals surface area contributed by atoms with E-state index < -0.39 is 0 Å². The van der Waals surface area contributed by atoms with Crippen LogP contribution in [0.5, 0.6) is 11.6 Å². The predicted octanol–water partition coefficient (Wildman–Crippen LogP) is 4.12. The molecule has 0 bridgehead atoms. The number of amides is 1. The first-order chi connectivity index (χ1) is 15.4. The van der Waals surface area contributed by atoms with Crippen molar-refractivity contribution in [2.75, 3.05) is 6.61 Å². The summed E-state index contributed by atoms with van der Waals surface area (Å²) < 4.78 is 13.4. The molecule has 0 saturated heterocycles. The van der Waals surface area contributed by atoms with Crippen molar-refractivity contribution in [1.29, 1.82) is 0 Å². The molecular formula is C25H30N4O3. The van der Waals surface area contributed by atoms with Crippen LogP contribution in [0, 0.1) is 6.92 Å². The number of carbonyl (C=O) groups is 1. The number of nitrogens with zero attached hydrogens (tertiary/aromatic N) is 3. The van der Waals surface area contributed by atoms with Crippen LogP contribution in [0.3, 0.4) is 0 Å². The Kier molecular flexibility index (Phi) is 5.27. The van der Waals surface area contributed by atoms with Crippen LogP contribution in [0.4, 0.5) is 0 Å². The number of carbonyl (C=O) groups excluding carboxylic acids is 1. The highest BCUT2D eigenvalue weighted by atomic mass is 16.5. The molecule has 2 aromatic heterocycles. The van der Waals surface area contributed by atoms with Gasteiger partial charge in [-0.25, -0.2) is 0 Å². The molecule has 1 amide bonds. The molecule has 168 valence electrons. The van der Waals surface area contributed by atoms with E-state index in [9.17, 15) is 4.79 Å². The lowest BCUT2D eigenvalue weighted by Crippen LogP contribution is -2.31. The van der Waals surface area contributed by atoms with Gasteiger partial charge in [-0.3, -0.25) is 9.48 Å². The number of ether oxygens (including phenoxy) is 2. The van der Waals surface area contributed by atoms with Gasteiger partial charge in [0.15, 0.2) is 12.3 Å². The molecule has 1 fully saturated rings. The lowest BCUT2D eigenvalue weighted by molar-refractivity contribution is -0.123. The molecule has 1 atom stereocenters. The molecule has 1 saturated carbocycles. The summed E-state index contributed by atoms with van der Waals surface area (Å²) in [5.74, 6) is 1.75. The van der Waals surface area contributed by atoms with E-state index in [0.717, 1.165) is 46.4 Å². The van der Waals surface area contributed by atoms with Gasteiger partial charge < -0.3 is 14.8 Å². The average Bonchev–Trinajstić information content (AvgIpc) is 3.44. The van der Waals surface area contributed by atoms with Gasteiger partial charge in [-0.05, 0) is 75.3 Å². The molecule has 0 spiro atoms. The second kappa shape index (κ2) is 8.11. The Labute approximate surface area is 188 Å². The average molecular weight is 435 g/mol. The summed E-state index contributed by atoms with van der Waals surface area (Å²) in [6.07, 6.45) is 4.34. The number of benzene rings is 1. The van der Waals surface area contributed by atoms with Gasteiger partial charge in [0.05, 0.1) is 17.8 Å². The third-order valence-corrected chi connectivity index (χ3v) is 6.21. The van der Waals surface area contributed by atoms with Crippen molar-refractivity contribution >= 4 is 16.9 Å². The monoisotopic (exact) mass is 434 g/mol. The van der Waals surface area contributed by atoms with E-state index in [1.54, 1.807) is 0 Å². The van der Waals surface area contributed by atoms with Crippen LogP contribution in [0.25, 0.3) is 11.0 Å². The van der Waals surface area contributed by atoms with Crippen molar-refractivity contribution in [2.24, 2.45) is 7.05 Å². The number of nitrogens with one attached hydrogen (secondary N) is 1. The molecule has 32 heavy (non-hydrogen) atoms. The molecule has 0 unspecified atom stereocenters. The zero-order valence-electron chi connectivity index (χ0n) is 19.1. The van der Waals surface area contributed by atoms with Crippen molar-refractivity contribution in [3.8, 4) is 11.6 Å². The van der Waals surface area contributed by atoms with E-state index in [4.69, 9.17) is 9.47 Å². The number of aryl methyl sites for hydroxylation is 3. The third-order valence-electron chi connectivity index (χ3n) is 6.21. The van der Waals surface area contributed by atoms with Crippen molar-refractivity contribution < 1.29 is 14.3 Å². The van der Waals surface area contributed by atoms with Crippen LogP contribution >= 0.6 is 0 Å². The topological polar surface area (TPSA) is 78.3 Å². The smallest absolute Gasteiger partial charge is 0.258 e. The summed E-state index contributed by atoms with van der Waals surface area (Å²) in [7, 11) is 1.91. The molecule has 0 radical (unpaired) electrons. The number of hydrogen-bond acceptors (Lipinski definition) is 5. The number of hydrogen-bond donors (Lipinski definition) is 1. The number of aromatic nitrogens is 3. The maximum absolute atomic E-state index is 12.6. The van der Waals surface area contributed by atoms with Crippen LogP contribution in [0.1, 0.15) is 67.5 Å². The first kappa shape index (κ1) is 20.8. The van der Waals surface area contributed by atoms with E-state index in [2.05, 4.69) is 34.5 Å². The number of pyridine rings is 1. The molecule has 2 heterocycles. The standard InChI is InChI=1S/C25H30N4O3/c1-14(2)32-18-8-9-19-17(12-18)7-10-20(19)26-21(30)13-31-22-11-15(3)23-24(16-5-6-16)28-29(4)25(23)27-22/h8-9,11-12,14,16,20H,5-7,10,13H2,1-4H3,(H,26,30)/t20-/m0/s1. The zero-order chi connectivity index (χ0) is 22.4. The molecule has 2 aliphatic rings. The van der Waals surface area contributed by atoms with Crippen LogP contribution in [-0.2, 0) is 18.3 Å².